The molecule has 1 fully saturated rings. The summed E-state index contributed by atoms with van der Waals surface area (Å²) < 4.78 is 0. The van der Waals surface area contributed by atoms with Crippen molar-refractivity contribution in [2.45, 2.75) is 33.1 Å². The average molecular weight is 293 g/mol. The van der Waals surface area contributed by atoms with E-state index in [1.165, 1.54) is 0 Å². The molecule has 2 rings (SSSR count). The lowest BCUT2D eigenvalue weighted by Gasteiger charge is -2.22. The van der Waals surface area contributed by atoms with E-state index in [0.717, 1.165) is 5.69 Å². The highest BCUT2D eigenvalue weighted by Gasteiger charge is 2.42. The third kappa shape index (κ3) is 2.59. The van der Waals surface area contributed by atoms with Gasteiger partial charge < -0.3 is 16.0 Å². The van der Waals surface area contributed by atoms with Gasteiger partial charge in [-0.05, 0) is 19.3 Å². The van der Waals surface area contributed by atoms with Crippen molar-refractivity contribution in [3.05, 3.63) is 11.4 Å². The van der Waals surface area contributed by atoms with Crippen molar-refractivity contribution in [1.29, 1.82) is 0 Å². The number of hydrogen-bond acceptors (Lipinski definition) is 4. The average Bonchev–Trinajstić information content (AvgIpc) is 3.01. The Morgan fingerprint density at radius 2 is 2.14 bits per heavy atom. The third-order valence-corrected chi connectivity index (χ3v) is 4.15. The van der Waals surface area contributed by atoms with E-state index in [4.69, 9.17) is 5.73 Å². The Bertz CT molecular complexity index is 566. The number of nitrogens with two attached hydrogens (primary N) is 1. The fourth-order valence-electron chi connectivity index (χ4n) is 2.74. The Labute approximate surface area is 124 Å². The van der Waals surface area contributed by atoms with Gasteiger partial charge in [0.1, 0.15) is 0 Å². The van der Waals surface area contributed by atoms with Crippen LogP contribution in [0.3, 0.4) is 0 Å². The van der Waals surface area contributed by atoms with Gasteiger partial charge in [-0.25, -0.2) is 0 Å². The van der Waals surface area contributed by atoms with Gasteiger partial charge in [-0.15, -0.1) is 0 Å². The van der Waals surface area contributed by atoms with Crippen molar-refractivity contribution in [3.63, 3.8) is 0 Å². The maximum absolute atomic E-state index is 12.5. The Balaban J connectivity index is 2.18. The molecule has 1 unspecified atom stereocenters. The zero-order valence-electron chi connectivity index (χ0n) is 13.0. The monoisotopic (exact) mass is 293 g/mol. The number of aromatic nitrogens is 2. The molecule has 0 bridgehead atoms. The minimum Gasteiger partial charge on any atom is -0.395 e. The number of nitrogen functional groups attached to an aromatic ring is 1. The van der Waals surface area contributed by atoms with E-state index >= 15 is 0 Å². The molecule has 7 nitrogen and oxygen atoms in total. The number of likely N-dealkylation sites (tertiary alicyclic amines) is 1. The number of carbonyl (C=O) groups excluding carboxylic acids is 2. The first-order chi connectivity index (χ1) is 9.80. The fraction of sp³-hybridized carbons (Fsp3) is 0.643. The normalized spacial score (nSPS) is 21.9. The Morgan fingerprint density at radius 3 is 2.67 bits per heavy atom. The molecule has 1 aromatic rings. The van der Waals surface area contributed by atoms with Crippen LogP contribution in [0.4, 0.5) is 5.69 Å². The van der Waals surface area contributed by atoms with Crippen molar-refractivity contribution >= 4 is 17.5 Å². The van der Waals surface area contributed by atoms with Crippen LogP contribution in [0.25, 0.3) is 0 Å². The third-order valence-electron chi connectivity index (χ3n) is 4.15. The van der Waals surface area contributed by atoms with Gasteiger partial charge >= 0.3 is 0 Å². The predicted octanol–water partition coefficient (Wildman–Crippen LogP) is 0.713. The van der Waals surface area contributed by atoms with Gasteiger partial charge in [0.05, 0.1) is 16.8 Å². The largest absolute Gasteiger partial charge is 0.395 e. The molecule has 7 heteroatoms. The Morgan fingerprint density at radius 1 is 1.48 bits per heavy atom. The number of anilines is 1. The summed E-state index contributed by atoms with van der Waals surface area (Å²) in [6, 6.07) is 0. The summed E-state index contributed by atoms with van der Waals surface area (Å²) >= 11 is 0. The standard InChI is InChI=1S/C14H23N5O2/c1-8(2)10-9(15)11(18-17-10)12(20)19-6-5-14(3,7-19)13(21)16-4/h8H,5-7,15H2,1-4H3,(H,16,21)(H,17,18). The quantitative estimate of drug-likeness (QED) is 0.763. The van der Waals surface area contributed by atoms with Crippen molar-refractivity contribution in [2.75, 3.05) is 25.9 Å². The van der Waals surface area contributed by atoms with Crippen LogP contribution < -0.4 is 11.1 Å². The molecule has 0 aliphatic carbocycles. The van der Waals surface area contributed by atoms with Gasteiger partial charge in [0, 0.05) is 20.1 Å². The van der Waals surface area contributed by atoms with Crippen molar-refractivity contribution in [3.8, 4) is 0 Å². The van der Waals surface area contributed by atoms with Crippen molar-refractivity contribution < 1.29 is 9.59 Å². The highest BCUT2D eigenvalue weighted by atomic mass is 16.2. The van der Waals surface area contributed by atoms with Crippen LogP contribution in [-0.2, 0) is 4.79 Å². The van der Waals surface area contributed by atoms with Gasteiger partial charge in [0.15, 0.2) is 5.69 Å². The molecular formula is C14H23N5O2. The molecule has 1 saturated heterocycles. The lowest BCUT2D eigenvalue weighted by atomic mass is 9.89. The molecule has 1 aliphatic rings. The van der Waals surface area contributed by atoms with E-state index in [2.05, 4.69) is 15.5 Å². The molecule has 116 valence electrons. The molecule has 1 aromatic heterocycles. The smallest absolute Gasteiger partial charge is 0.276 e. The Kier molecular flexibility index (Phi) is 3.93. The maximum Gasteiger partial charge on any atom is 0.276 e. The number of hydrogen-bond donors (Lipinski definition) is 3. The van der Waals surface area contributed by atoms with Gasteiger partial charge in [-0.1, -0.05) is 13.8 Å². The summed E-state index contributed by atoms with van der Waals surface area (Å²) in [6.45, 7) is 6.75. The second-order valence-electron chi connectivity index (χ2n) is 6.17. The van der Waals surface area contributed by atoms with Crippen LogP contribution in [0.2, 0.25) is 0 Å². The summed E-state index contributed by atoms with van der Waals surface area (Å²) in [5, 5.41) is 9.54. The summed E-state index contributed by atoms with van der Waals surface area (Å²) in [7, 11) is 1.61. The minimum absolute atomic E-state index is 0.0457. The lowest BCUT2D eigenvalue weighted by molar-refractivity contribution is -0.128. The van der Waals surface area contributed by atoms with Crippen LogP contribution in [0, 0.1) is 5.41 Å². The molecule has 1 aliphatic heterocycles. The second kappa shape index (κ2) is 5.38. The molecule has 0 spiro atoms. The fourth-order valence-corrected chi connectivity index (χ4v) is 2.74. The molecule has 0 radical (unpaired) electrons. The summed E-state index contributed by atoms with van der Waals surface area (Å²) in [5.74, 6) is -0.0901. The summed E-state index contributed by atoms with van der Waals surface area (Å²) in [5.41, 5.74) is 6.89. The molecule has 1 atom stereocenters. The van der Waals surface area contributed by atoms with Crippen LogP contribution in [0.1, 0.15) is 49.3 Å². The van der Waals surface area contributed by atoms with Crippen LogP contribution >= 0.6 is 0 Å². The number of nitrogens with zero attached hydrogens (tertiary/aromatic N) is 2. The predicted molar refractivity (Wildman–Crippen MR) is 79.8 cm³/mol. The first kappa shape index (κ1) is 15.3. The van der Waals surface area contributed by atoms with Gasteiger partial charge in [-0.3, -0.25) is 14.7 Å². The SMILES string of the molecule is CNC(=O)C1(C)CCN(C(=O)c2n[nH]c(C(C)C)c2N)C1. The topological polar surface area (TPSA) is 104 Å². The molecule has 0 saturated carbocycles. The molecule has 2 amide bonds. The van der Waals surface area contributed by atoms with E-state index in [1.807, 2.05) is 20.8 Å². The van der Waals surface area contributed by atoms with E-state index in [1.54, 1.807) is 11.9 Å². The second-order valence-corrected chi connectivity index (χ2v) is 6.17. The lowest BCUT2D eigenvalue weighted by Crippen LogP contribution is -2.40. The van der Waals surface area contributed by atoms with Crippen molar-refractivity contribution in [1.82, 2.24) is 20.4 Å². The van der Waals surface area contributed by atoms with Crippen LogP contribution in [-0.4, -0.2) is 47.0 Å². The first-order valence-electron chi connectivity index (χ1n) is 7.15. The van der Waals surface area contributed by atoms with E-state index in [0.29, 0.717) is 25.2 Å². The van der Waals surface area contributed by atoms with Crippen LogP contribution in [0.5, 0.6) is 0 Å². The van der Waals surface area contributed by atoms with E-state index in [-0.39, 0.29) is 23.4 Å². The van der Waals surface area contributed by atoms with E-state index < -0.39 is 5.41 Å². The van der Waals surface area contributed by atoms with Crippen molar-refractivity contribution in [2.24, 2.45) is 5.41 Å². The Hall–Kier alpha value is -2.05. The molecule has 2 heterocycles. The van der Waals surface area contributed by atoms with Gasteiger partial charge in [-0.2, -0.15) is 5.10 Å². The summed E-state index contributed by atoms with van der Waals surface area (Å²) in [4.78, 5) is 26.1. The number of nitrogens with one attached hydrogen (secondary N) is 2. The maximum atomic E-state index is 12.5. The van der Waals surface area contributed by atoms with Crippen LogP contribution in [0.15, 0.2) is 0 Å². The number of rotatable bonds is 3. The zero-order chi connectivity index (χ0) is 15.8. The van der Waals surface area contributed by atoms with E-state index in [9.17, 15) is 9.59 Å². The molecule has 4 N–H and O–H groups in total. The number of aromatic amines is 1. The van der Waals surface area contributed by atoms with Gasteiger partial charge in [0.2, 0.25) is 5.91 Å². The molecular weight excluding hydrogens is 270 g/mol. The summed E-state index contributed by atoms with van der Waals surface area (Å²) in [6.07, 6.45) is 0.639. The molecule has 0 aromatic carbocycles. The number of amides is 2. The number of H-pyrrole nitrogens is 1. The highest BCUT2D eigenvalue weighted by molar-refractivity contribution is 5.98. The van der Waals surface area contributed by atoms with Gasteiger partial charge in [0.25, 0.3) is 5.91 Å². The first-order valence-corrected chi connectivity index (χ1v) is 7.15. The zero-order valence-corrected chi connectivity index (χ0v) is 13.0. The highest BCUT2D eigenvalue weighted by Crippen LogP contribution is 2.32. The molecule has 21 heavy (non-hydrogen) atoms. The minimum atomic E-state index is -0.545. The number of carbonyl (C=O) groups is 2.